The Morgan fingerprint density at radius 3 is 2.62 bits per heavy atom. The first-order valence-electron chi connectivity index (χ1n) is 7.78. The molecule has 0 aromatic carbocycles. The van der Waals surface area contributed by atoms with Crippen LogP contribution < -0.4 is 16.6 Å². The number of anilines is 1. The van der Waals surface area contributed by atoms with E-state index in [1.807, 2.05) is 13.0 Å². The van der Waals surface area contributed by atoms with Gasteiger partial charge < -0.3 is 10.7 Å². The molecule has 0 aliphatic heterocycles. The molecule has 21 heavy (non-hydrogen) atoms. The zero-order chi connectivity index (χ0) is 15.8. The fraction of sp³-hybridized carbons (Fsp3) is 0.625. The van der Waals surface area contributed by atoms with Gasteiger partial charge in [-0.1, -0.05) is 33.6 Å². The van der Waals surface area contributed by atoms with Gasteiger partial charge in [-0.2, -0.15) is 0 Å². The minimum absolute atomic E-state index is 0.0675. The van der Waals surface area contributed by atoms with Crippen molar-refractivity contribution in [2.75, 3.05) is 5.43 Å². The van der Waals surface area contributed by atoms with Crippen LogP contribution in [0.5, 0.6) is 0 Å². The maximum absolute atomic E-state index is 12.3. The van der Waals surface area contributed by atoms with Gasteiger partial charge in [0.1, 0.15) is 5.82 Å². The number of nitrogens with two attached hydrogens (primary N) is 1. The van der Waals surface area contributed by atoms with E-state index in [-0.39, 0.29) is 11.9 Å². The molecule has 0 aliphatic carbocycles. The van der Waals surface area contributed by atoms with Crippen molar-refractivity contribution in [3.05, 3.63) is 23.4 Å². The van der Waals surface area contributed by atoms with E-state index >= 15 is 0 Å². The zero-order valence-electron chi connectivity index (χ0n) is 13.6. The summed E-state index contributed by atoms with van der Waals surface area (Å²) >= 11 is 0. The molecule has 0 bridgehead atoms. The Morgan fingerprint density at radius 1 is 1.33 bits per heavy atom. The zero-order valence-corrected chi connectivity index (χ0v) is 13.6. The number of rotatable bonds is 8. The van der Waals surface area contributed by atoms with Gasteiger partial charge in [0.25, 0.3) is 5.91 Å². The Kier molecular flexibility index (Phi) is 7.15. The van der Waals surface area contributed by atoms with E-state index in [0.717, 1.165) is 31.4 Å². The van der Waals surface area contributed by atoms with Crippen LogP contribution in [0.2, 0.25) is 0 Å². The van der Waals surface area contributed by atoms with Crippen molar-refractivity contribution in [2.45, 2.75) is 59.4 Å². The molecule has 118 valence electrons. The van der Waals surface area contributed by atoms with Crippen molar-refractivity contribution in [3.63, 3.8) is 0 Å². The van der Waals surface area contributed by atoms with E-state index in [0.29, 0.717) is 17.3 Å². The van der Waals surface area contributed by atoms with E-state index in [1.165, 1.54) is 0 Å². The topological polar surface area (TPSA) is 80.0 Å². The number of hydrogen-bond donors (Lipinski definition) is 3. The van der Waals surface area contributed by atoms with E-state index < -0.39 is 0 Å². The van der Waals surface area contributed by atoms with Gasteiger partial charge >= 0.3 is 0 Å². The maximum Gasteiger partial charge on any atom is 0.251 e. The summed E-state index contributed by atoms with van der Waals surface area (Å²) in [4.78, 5) is 16.7. The highest BCUT2D eigenvalue weighted by Crippen LogP contribution is 2.13. The quantitative estimate of drug-likeness (QED) is 0.508. The van der Waals surface area contributed by atoms with Crippen molar-refractivity contribution in [2.24, 2.45) is 11.8 Å². The van der Waals surface area contributed by atoms with Gasteiger partial charge in [-0.15, -0.1) is 0 Å². The predicted octanol–water partition coefficient (Wildman–Crippen LogP) is 2.87. The summed E-state index contributed by atoms with van der Waals surface area (Å²) in [7, 11) is 0. The monoisotopic (exact) mass is 292 g/mol. The first kappa shape index (κ1) is 17.4. The van der Waals surface area contributed by atoms with Crippen molar-refractivity contribution in [1.82, 2.24) is 10.3 Å². The van der Waals surface area contributed by atoms with Gasteiger partial charge in [0.15, 0.2) is 0 Å². The Balaban J connectivity index is 2.78. The number of pyridine rings is 1. The molecule has 5 nitrogen and oxygen atoms in total. The molecule has 1 heterocycles. The standard InChI is InChI=1S/C16H28N4O/c1-5-7-14-9-13(10-15(19-14)20-17)16(21)18-12(4)8-11(3)6-2/h9-12H,5-8,17H2,1-4H3,(H,18,21)(H,19,20). The van der Waals surface area contributed by atoms with Crippen molar-refractivity contribution in [3.8, 4) is 0 Å². The van der Waals surface area contributed by atoms with Gasteiger partial charge in [-0.05, 0) is 37.8 Å². The molecule has 4 N–H and O–H groups in total. The lowest BCUT2D eigenvalue weighted by Gasteiger charge is -2.18. The Bertz CT molecular complexity index is 462. The number of carbonyl (C=O) groups is 1. The third-order valence-corrected chi connectivity index (χ3v) is 3.62. The highest BCUT2D eigenvalue weighted by Gasteiger charge is 2.14. The lowest BCUT2D eigenvalue weighted by atomic mass is 10.00. The summed E-state index contributed by atoms with van der Waals surface area (Å²) in [5, 5.41) is 3.05. The number of hydrogen-bond acceptors (Lipinski definition) is 4. The van der Waals surface area contributed by atoms with Gasteiger partial charge in [-0.3, -0.25) is 4.79 Å². The van der Waals surface area contributed by atoms with Crippen molar-refractivity contribution in [1.29, 1.82) is 0 Å². The molecule has 2 atom stereocenters. The SMILES string of the molecule is CCCc1cc(C(=O)NC(C)CC(C)CC)cc(NN)n1. The Morgan fingerprint density at radius 2 is 2.05 bits per heavy atom. The largest absolute Gasteiger partial charge is 0.350 e. The first-order chi connectivity index (χ1) is 9.99. The molecule has 0 radical (unpaired) electrons. The Labute approximate surface area is 127 Å². The van der Waals surface area contributed by atoms with Crippen LogP contribution in [-0.4, -0.2) is 16.9 Å². The number of nitrogens with zero attached hydrogens (tertiary/aromatic N) is 1. The molecule has 1 aromatic heterocycles. The normalized spacial score (nSPS) is 13.6. The van der Waals surface area contributed by atoms with E-state index in [2.05, 4.69) is 36.5 Å². The van der Waals surface area contributed by atoms with Gasteiger partial charge in [0, 0.05) is 17.3 Å². The smallest absolute Gasteiger partial charge is 0.251 e. The number of aromatic nitrogens is 1. The number of hydrazine groups is 1. The molecular weight excluding hydrogens is 264 g/mol. The number of aryl methyl sites for hydroxylation is 1. The molecule has 0 saturated heterocycles. The van der Waals surface area contributed by atoms with E-state index in [4.69, 9.17) is 5.84 Å². The molecular formula is C16H28N4O. The van der Waals surface area contributed by atoms with Crippen LogP contribution in [0.25, 0.3) is 0 Å². The van der Waals surface area contributed by atoms with Crippen LogP contribution in [0.3, 0.4) is 0 Å². The number of amides is 1. The number of nitrogen functional groups attached to an aromatic ring is 1. The summed E-state index contributed by atoms with van der Waals surface area (Å²) in [6, 6.07) is 3.68. The molecule has 0 aliphatic rings. The van der Waals surface area contributed by atoms with Crippen LogP contribution in [0, 0.1) is 5.92 Å². The summed E-state index contributed by atoms with van der Waals surface area (Å²) in [6.45, 7) is 8.49. The minimum atomic E-state index is -0.0675. The fourth-order valence-corrected chi connectivity index (χ4v) is 2.31. The van der Waals surface area contributed by atoms with Gasteiger partial charge in [0.2, 0.25) is 0 Å². The highest BCUT2D eigenvalue weighted by atomic mass is 16.1. The lowest BCUT2D eigenvalue weighted by Crippen LogP contribution is -2.34. The Hall–Kier alpha value is -1.62. The second kappa shape index (κ2) is 8.62. The molecule has 2 unspecified atom stereocenters. The molecule has 5 heteroatoms. The van der Waals surface area contributed by atoms with Crippen LogP contribution in [0.4, 0.5) is 5.82 Å². The molecule has 0 fully saturated rings. The summed E-state index contributed by atoms with van der Waals surface area (Å²) in [5.74, 6) is 6.49. The minimum Gasteiger partial charge on any atom is -0.350 e. The molecule has 0 spiro atoms. The number of carbonyl (C=O) groups excluding carboxylic acids is 1. The maximum atomic E-state index is 12.3. The second-order valence-electron chi connectivity index (χ2n) is 5.75. The predicted molar refractivity (Wildman–Crippen MR) is 87.0 cm³/mol. The third-order valence-electron chi connectivity index (χ3n) is 3.62. The van der Waals surface area contributed by atoms with Crippen LogP contribution >= 0.6 is 0 Å². The fourth-order valence-electron chi connectivity index (χ4n) is 2.31. The lowest BCUT2D eigenvalue weighted by molar-refractivity contribution is 0.0935. The van der Waals surface area contributed by atoms with E-state index in [1.54, 1.807) is 6.07 Å². The van der Waals surface area contributed by atoms with Gasteiger partial charge in [-0.25, -0.2) is 10.8 Å². The van der Waals surface area contributed by atoms with E-state index in [9.17, 15) is 4.79 Å². The molecule has 0 saturated carbocycles. The molecule has 1 aromatic rings. The summed E-state index contributed by atoms with van der Waals surface area (Å²) in [5.41, 5.74) is 4.02. The second-order valence-corrected chi connectivity index (χ2v) is 5.75. The van der Waals surface area contributed by atoms with Crippen LogP contribution in [0.15, 0.2) is 12.1 Å². The molecule has 1 amide bonds. The average Bonchev–Trinajstić information content (AvgIpc) is 2.46. The van der Waals surface area contributed by atoms with Gasteiger partial charge in [0.05, 0.1) is 0 Å². The summed E-state index contributed by atoms with van der Waals surface area (Å²) in [6.07, 6.45) is 3.92. The number of nitrogens with one attached hydrogen (secondary N) is 2. The third kappa shape index (κ3) is 5.71. The van der Waals surface area contributed by atoms with Crippen LogP contribution in [0.1, 0.15) is 63.0 Å². The summed E-state index contributed by atoms with van der Waals surface area (Å²) < 4.78 is 0. The van der Waals surface area contributed by atoms with Crippen molar-refractivity contribution >= 4 is 11.7 Å². The average molecular weight is 292 g/mol. The van der Waals surface area contributed by atoms with Crippen LogP contribution in [-0.2, 0) is 6.42 Å². The van der Waals surface area contributed by atoms with Crippen molar-refractivity contribution < 1.29 is 4.79 Å². The highest BCUT2D eigenvalue weighted by molar-refractivity contribution is 5.95. The molecule has 1 rings (SSSR count). The first-order valence-corrected chi connectivity index (χ1v) is 7.78.